The van der Waals surface area contributed by atoms with Crippen molar-refractivity contribution >= 4 is 68.3 Å². The van der Waals surface area contributed by atoms with E-state index in [2.05, 4.69) is 0 Å². The van der Waals surface area contributed by atoms with E-state index < -0.39 is 10.4 Å². The van der Waals surface area contributed by atoms with Gasteiger partial charge in [0.05, 0.1) is 0 Å². The monoisotopic (exact) mass is 368 g/mol. The van der Waals surface area contributed by atoms with Crippen LogP contribution in [0.3, 0.4) is 0 Å². The van der Waals surface area contributed by atoms with Crippen LogP contribution in [-0.4, -0.2) is 80.5 Å². The van der Waals surface area contributed by atoms with E-state index in [0.717, 1.165) is 0 Å². The quantitative estimate of drug-likeness (QED) is 0.274. The topological polar surface area (TPSA) is 112 Å². The molecule has 6 nitrogen and oxygen atoms in total. The zero-order chi connectivity index (χ0) is 7.21. The molecule has 0 amide bonds. The molecule has 0 atom stereocenters. The molecule has 82 valence electrons. The van der Waals surface area contributed by atoms with E-state index >= 15 is 0 Å². The van der Waals surface area contributed by atoms with Gasteiger partial charge < -0.3 is 5.11 Å². The Balaban J connectivity index is -0.00000000840. The van der Waals surface area contributed by atoms with Crippen LogP contribution in [0.2, 0.25) is 0 Å². The van der Waals surface area contributed by atoms with Gasteiger partial charge in [0, 0.05) is 51.5 Å². The van der Waals surface area contributed by atoms with Crippen LogP contribution in [0.4, 0.5) is 4.70 Å². The van der Waals surface area contributed by atoms with Gasteiger partial charge in [-0.05, 0) is 0 Å². The van der Waals surface area contributed by atoms with Crippen molar-refractivity contribution in [2.24, 2.45) is 0 Å². The van der Waals surface area contributed by atoms with Gasteiger partial charge in [0.15, 0.2) is 0 Å². The number of carbonyl (C=O) groups is 1. The third kappa shape index (κ3) is 367. The van der Waals surface area contributed by atoms with Crippen molar-refractivity contribution in [3.8, 4) is 0 Å². The van der Waals surface area contributed by atoms with Gasteiger partial charge in [0.2, 0.25) is 0 Å². The van der Waals surface area contributed by atoms with Gasteiger partial charge in [0.25, 0.3) is 6.47 Å². The summed E-state index contributed by atoms with van der Waals surface area (Å²) in [6.07, 6.45) is 0. The summed E-state index contributed by atoms with van der Waals surface area (Å²) in [6, 6.07) is 0. The Morgan fingerprint density at radius 1 is 1.08 bits per heavy atom. The zero-order valence-corrected chi connectivity index (χ0v) is 9.38. The molecule has 0 aliphatic carbocycles. The van der Waals surface area contributed by atoms with Gasteiger partial charge in [0.1, 0.15) is 0 Å². The summed E-state index contributed by atoms with van der Waals surface area (Å²) in [6.45, 7) is -0.250. The second-order valence-corrected chi connectivity index (χ2v) is 1.45. The Morgan fingerprint density at radius 3 is 1.08 bits per heavy atom. The molecule has 0 aromatic heterocycles. The molecular formula is CH6CrFFe2KO6S. The molecule has 0 bridgehead atoms. The third-order valence-electron chi connectivity index (χ3n) is 0. The summed E-state index contributed by atoms with van der Waals surface area (Å²) >= 11 is 0. The summed E-state index contributed by atoms with van der Waals surface area (Å²) in [5, 5.41) is 6.89. The van der Waals surface area contributed by atoms with Gasteiger partial charge in [-0.15, -0.1) is 0 Å². The number of halogens is 1. The van der Waals surface area contributed by atoms with Crippen molar-refractivity contribution in [3.63, 3.8) is 0 Å². The fourth-order valence-corrected chi connectivity index (χ4v) is 0. The van der Waals surface area contributed by atoms with Crippen molar-refractivity contribution in [1.29, 1.82) is 0 Å². The molecule has 0 saturated carbocycles. The number of hydrogen-bond acceptors (Lipinski definition) is 3. The van der Waals surface area contributed by atoms with Crippen LogP contribution in [0.1, 0.15) is 0 Å². The number of carboxylic acid groups (broad SMARTS) is 1. The van der Waals surface area contributed by atoms with Crippen LogP contribution < -0.4 is 0 Å². The van der Waals surface area contributed by atoms with Gasteiger partial charge in [-0.1, -0.05) is 0 Å². The maximum atomic E-state index is 8.74. The molecule has 0 radical (unpaired) electrons. The van der Waals surface area contributed by atoms with Crippen molar-refractivity contribution in [2.45, 2.75) is 0 Å². The fourth-order valence-electron chi connectivity index (χ4n) is 0. The second kappa shape index (κ2) is 29.3. The molecule has 0 aromatic carbocycles. The summed E-state index contributed by atoms with van der Waals surface area (Å²) in [5.41, 5.74) is 0. The normalized spacial score (nSPS) is 5.38. The molecule has 0 aliphatic heterocycles. The summed E-state index contributed by atoms with van der Waals surface area (Å²) < 4.78 is 31.6. The second-order valence-electron chi connectivity index (χ2n) is 0.553. The number of rotatable bonds is 0. The van der Waals surface area contributed by atoms with Crippen LogP contribution in [-0.2, 0) is 66.7 Å². The minimum absolute atomic E-state index is 0. The first-order chi connectivity index (χ1) is 3.41. The predicted molar refractivity (Wildman–Crippen MR) is 32.5 cm³/mol. The Morgan fingerprint density at radius 2 is 1.08 bits per heavy atom. The molecule has 0 rings (SSSR count). The Hall–Kier alpha value is 2.48. The van der Waals surface area contributed by atoms with Gasteiger partial charge in [-0.3, -0.25) is 18.6 Å². The van der Waals surface area contributed by atoms with Crippen LogP contribution in [0.15, 0.2) is 0 Å². The molecule has 13 heavy (non-hydrogen) atoms. The molecule has 0 fully saturated rings. The van der Waals surface area contributed by atoms with E-state index in [1.54, 1.807) is 0 Å². The van der Waals surface area contributed by atoms with E-state index in [0.29, 0.717) is 0 Å². The van der Waals surface area contributed by atoms with E-state index in [-0.39, 0.29) is 114 Å². The van der Waals surface area contributed by atoms with Gasteiger partial charge >= 0.3 is 61.8 Å². The third-order valence-corrected chi connectivity index (χ3v) is 0. The average Bonchev–Trinajstić information content (AvgIpc) is 1.27. The van der Waals surface area contributed by atoms with Gasteiger partial charge in [-0.2, -0.15) is 8.42 Å². The summed E-state index contributed by atoms with van der Waals surface area (Å²) in [7, 11) is -4.67. The average molecular weight is 368 g/mol. The first kappa shape index (κ1) is 45.1. The Bertz CT molecular complexity index is 145. The molecular weight excluding hydrogens is 362 g/mol. The van der Waals surface area contributed by atoms with Crippen molar-refractivity contribution < 1.29 is 83.6 Å². The van der Waals surface area contributed by atoms with Crippen molar-refractivity contribution in [1.82, 2.24) is 0 Å². The number of hydrogen-bond donors (Lipinski definition) is 3. The van der Waals surface area contributed by atoms with E-state index in [9.17, 15) is 0 Å². The Labute approximate surface area is 149 Å². The maximum absolute atomic E-state index is 8.74. The predicted octanol–water partition coefficient (Wildman–Crippen LogP) is -1.46. The van der Waals surface area contributed by atoms with Crippen LogP contribution >= 0.6 is 0 Å². The van der Waals surface area contributed by atoms with E-state index in [1.807, 2.05) is 0 Å². The standard InChI is InChI=1S/CH2O2.Cr.FH.2Fe.K.H2O4S.H/c2-1-3;;;;;;1-5(2,3)4;/h1H,(H,2,3);;1H;;;;(H2,1,2,3,4);. The van der Waals surface area contributed by atoms with Crippen LogP contribution in [0.5, 0.6) is 0 Å². The molecule has 0 aliphatic rings. The first-order valence-corrected chi connectivity index (χ1v) is 2.59. The summed E-state index contributed by atoms with van der Waals surface area (Å²) in [5.74, 6) is 0. The SMILES string of the molecule is F.O=CO.O=S(=O)(O)O.[Cr].[Fe].[Fe].[KH]. The fraction of sp³-hybridized carbons (Fsp3) is 0. The summed E-state index contributed by atoms with van der Waals surface area (Å²) in [4.78, 5) is 8.36. The van der Waals surface area contributed by atoms with Gasteiger partial charge in [-0.25, -0.2) is 0 Å². The molecule has 0 aromatic rings. The molecule has 0 spiro atoms. The minimum atomic E-state index is -4.67. The van der Waals surface area contributed by atoms with Crippen molar-refractivity contribution in [2.75, 3.05) is 0 Å². The zero-order valence-electron chi connectivity index (χ0n) is 5.08. The van der Waals surface area contributed by atoms with E-state index in [1.165, 1.54) is 0 Å². The van der Waals surface area contributed by atoms with Crippen molar-refractivity contribution in [3.05, 3.63) is 0 Å². The molecule has 3 N–H and O–H groups in total. The molecule has 0 unspecified atom stereocenters. The molecule has 0 saturated heterocycles. The van der Waals surface area contributed by atoms with E-state index in [4.69, 9.17) is 27.4 Å². The Kier molecular flexibility index (Phi) is 102. The molecule has 0 heterocycles. The van der Waals surface area contributed by atoms with Crippen LogP contribution in [0.25, 0.3) is 0 Å². The first-order valence-electron chi connectivity index (χ1n) is 1.19. The molecule has 12 heteroatoms. The van der Waals surface area contributed by atoms with Crippen LogP contribution in [0, 0.1) is 0 Å².